The van der Waals surface area contributed by atoms with E-state index in [1.54, 1.807) is 0 Å². The average molecular weight is 434 g/mol. The van der Waals surface area contributed by atoms with Crippen LogP contribution in [0.25, 0.3) is 0 Å². The molecule has 0 aliphatic heterocycles. The molecule has 4 heteroatoms. The molecule has 0 aromatic heterocycles. The molecule has 112 valence electrons. The predicted octanol–water partition coefficient (Wildman–Crippen LogP) is 5.80. The van der Waals surface area contributed by atoms with Crippen LogP contribution in [-0.4, -0.2) is 6.54 Å². The summed E-state index contributed by atoms with van der Waals surface area (Å²) >= 11 is 14.9. The van der Waals surface area contributed by atoms with Crippen molar-refractivity contribution in [1.29, 1.82) is 0 Å². The first kappa shape index (κ1) is 17.1. The first-order valence-electron chi connectivity index (χ1n) is 6.94. The van der Waals surface area contributed by atoms with Crippen molar-refractivity contribution in [3.63, 3.8) is 0 Å². The third-order valence-electron chi connectivity index (χ3n) is 3.43. The van der Waals surface area contributed by atoms with E-state index >= 15 is 0 Å². The van der Waals surface area contributed by atoms with Crippen molar-refractivity contribution in [2.75, 3.05) is 6.54 Å². The van der Waals surface area contributed by atoms with E-state index in [4.69, 9.17) is 23.2 Å². The van der Waals surface area contributed by atoms with Crippen LogP contribution in [0.2, 0.25) is 10.0 Å². The van der Waals surface area contributed by atoms with Crippen molar-refractivity contribution in [3.05, 3.63) is 66.7 Å². The monoisotopic (exact) mass is 433 g/mol. The van der Waals surface area contributed by atoms with Gasteiger partial charge in [-0.3, -0.25) is 0 Å². The van der Waals surface area contributed by atoms with Crippen LogP contribution in [0.3, 0.4) is 0 Å². The SMILES string of the molecule is CCNC(Cc1ccc(C)cc1Cl)c1ccc(I)c(Cl)c1. The fourth-order valence-electron chi connectivity index (χ4n) is 2.32. The molecule has 0 aliphatic carbocycles. The quantitative estimate of drug-likeness (QED) is 0.587. The lowest BCUT2D eigenvalue weighted by Crippen LogP contribution is -2.23. The molecule has 0 radical (unpaired) electrons. The first-order chi connectivity index (χ1) is 10.0. The van der Waals surface area contributed by atoms with Gasteiger partial charge in [-0.1, -0.05) is 48.3 Å². The van der Waals surface area contributed by atoms with E-state index in [-0.39, 0.29) is 6.04 Å². The van der Waals surface area contributed by atoms with E-state index in [1.165, 1.54) is 11.1 Å². The highest BCUT2D eigenvalue weighted by atomic mass is 127. The summed E-state index contributed by atoms with van der Waals surface area (Å²) in [7, 11) is 0. The zero-order chi connectivity index (χ0) is 15.4. The number of hydrogen-bond acceptors (Lipinski definition) is 1. The Balaban J connectivity index is 2.28. The van der Waals surface area contributed by atoms with Gasteiger partial charge in [-0.05, 0) is 77.4 Å². The van der Waals surface area contributed by atoms with E-state index in [0.717, 1.165) is 32.1 Å². The third-order valence-corrected chi connectivity index (χ3v) is 5.35. The molecule has 0 fully saturated rings. The molecule has 21 heavy (non-hydrogen) atoms. The van der Waals surface area contributed by atoms with Gasteiger partial charge in [0.25, 0.3) is 0 Å². The Morgan fingerprint density at radius 3 is 2.48 bits per heavy atom. The summed E-state index contributed by atoms with van der Waals surface area (Å²) in [6, 6.07) is 12.7. The van der Waals surface area contributed by atoms with E-state index in [0.29, 0.717) is 0 Å². The molecule has 1 atom stereocenters. The molecule has 0 saturated carbocycles. The normalized spacial score (nSPS) is 12.4. The Labute approximate surface area is 150 Å². The summed E-state index contributed by atoms with van der Waals surface area (Å²) in [5.41, 5.74) is 3.53. The van der Waals surface area contributed by atoms with Crippen molar-refractivity contribution < 1.29 is 0 Å². The minimum atomic E-state index is 0.213. The van der Waals surface area contributed by atoms with Crippen LogP contribution in [-0.2, 0) is 6.42 Å². The molecule has 1 N–H and O–H groups in total. The highest BCUT2D eigenvalue weighted by Crippen LogP contribution is 2.28. The number of hydrogen-bond donors (Lipinski definition) is 1. The number of likely N-dealkylation sites (N-methyl/N-ethyl adjacent to an activating group) is 1. The van der Waals surface area contributed by atoms with Crippen LogP contribution < -0.4 is 5.32 Å². The number of nitrogens with one attached hydrogen (secondary N) is 1. The molecule has 0 aliphatic rings. The van der Waals surface area contributed by atoms with Crippen molar-refractivity contribution in [1.82, 2.24) is 5.32 Å². The van der Waals surface area contributed by atoms with E-state index < -0.39 is 0 Å². The van der Waals surface area contributed by atoms with Crippen LogP contribution in [0.4, 0.5) is 0 Å². The summed E-state index contributed by atoms with van der Waals surface area (Å²) in [6.45, 7) is 5.06. The lowest BCUT2D eigenvalue weighted by molar-refractivity contribution is 0.550. The number of halogens is 3. The van der Waals surface area contributed by atoms with Crippen LogP contribution in [0.15, 0.2) is 36.4 Å². The Kier molecular flexibility index (Phi) is 6.35. The molecular weight excluding hydrogens is 416 g/mol. The van der Waals surface area contributed by atoms with Gasteiger partial charge in [-0.15, -0.1) is 0 Å². The minimum Gasteiger partial charge on any atom is -0.310 e. The second-order valence-corrected chi connectivity index (χ2v) is 7.06. The van der Waals surface area contributed by atoms with Gasteiger partial charge < -0.3 is 5.32 Å². The maximum atomic E-state index is 6.36. The minimum absolute atomic E-state index is 0.213. The van der Waals surface area contributed by atoms with E-state index in [1.807, 2.05) is 12.1 Å². The third kappa shape index (κ3) is 4.59. The number of benzene rings is 2. The van der Waals surface area contributed by atoms with Crippen molar-refractivity contribution in [3.8, 4) is 0 Å². The second-order valence-electron chi connectivity index (χ2n) is 5.08. The van der Waals surface area contributed by atoms with Gasteiger partial charge in [0.15, 0.2) is 0 Å². The topological polar surface area (TPSA) is 12.0 Å². The molecule has 0 amide bonds. The van der Waals surface area contributed by atoms with Crippen LogP contribution in [0, 0.1) is 10.5 Å². The highest BCUT2D eigenvalue weighted by molar-refractivity contribution is 14.1. The molecule has 0 saturated heterocycles. The highest BCUT2D eigenvalue weighted by Gasteiger charge is 2.14. The van der Waals surface area contributed by atoms with Crippen LogP contribution in [0.1, 0.15) is 29.7 Å². The fourth-order valence-corrected chi connectivity index (χ4v) is 3.16. The maximum Gasteiger partial charge on any atom is 0.0542 e. The van der Waals surface area contributed by atoms with E-state index in [9.17, 15) is 0 Å². The van der Waals surface area contributed by atoms with Crippen molar-refractivity contribution in [2.45, 2.75) is 26.3 Å². The molecule has 1 unspecified atom stereocenters. The van der Waals surface area contributed by atoms with Crippen molar-refractivity contribution >= 4 is 45.8 Å². The Morgan fingerprint density at radius 2 is 1.86 bits per heavy atom. The smallest absolute Gasteiger partial charge is 0.0542 e. The van der Waals surface area contributed by atoms with Gasteiger partial charge in [-0.25, -0.2) is 0 Å². The molecule has 2 aromatic carbocycles. The summed E-state index contributed by atoms with van der Waals surface area (Å²) in [6.07, 6.45) is 0.851. The van der Waals surface area contributed by atoms with E-state index in [2.05, 4.69) is 66.0 Å². The zero-order valence-corrected chi connectivity index (χ0v) is 15.8. The van der Waals surface area contributed by atoms with Gasteiger partial charge in [-0.2, -0.15) is 0 Å². The molecule has 0 spiro atoms. The maximum absolute atomic E-state index is 6.36. The van der Waals surface area contributed by atoms with Gasteiger partial charge in [0.2, 0.25) is 0 Å². The Morgan fingerprint density at radius 1 is 1.10 bits per heavy atom. The van der Waals surface area contributed by atoms with Gasteiger partial charge in [0, 0.05) is 14.6 Å². The van der Waals surface area contributed by atoms with Crippen molar-refractivity contribution in [2.24, 2.45) is 0 Å². The molecule has 0 heterocycles. The Bertz CT molecular complexity index is 628. The predicted molar refractivity (Wildman–Crippen MR) is 100 cm³/mol. The van der Waals surface area contributed by atoms with Crippen LogP contribution in [0.5, 0.6) is 0 Å². The fraction of sp³-hybridized carbons (Fsp3) is 0.294. The average Bonchev–Trinajstić information content (AvgIpc) is 2.44. The summed E-state index contributed by atoms with van der Waals surface area (Å²) in [5.74, 6) is 0. The van der Waals surface area contributed by atoms with Gasteiger partial charge in [0.05, 0.1) is 5.02 Å². The first-order valence-corrected chi connectivity index (χ1v) is 8.78. The molecular formula is C17H18Cl2IN. The van der Waals surface area contributed by atoms with Gasteiger partial charge >= 0.3 is 0 Å². The zero-order valence-electron chi connectivity index (χ0n) is 12.1. The van der Waals surface area contributed by atoms with Crippen LogP contribution >= 0.6 is 45.8 Å². The Hall–Kier alpha value is -0.290. The molecule has 2 aromatic rings. The standard InChI is InChI=1S/C17H18Cl2IN/c1-3-21-17(13-6-7-16(20)15(19)9-13)10-12-5-4-11(2)8-14(12)18/h4-9,17,21H,3,10H2,1-2H3. The molecule has 1 nitrogen and oxygen atoms in total. The lowest BCUT2D eigenvalue weighted by Gasteiger charge is -2.20. The largest absolute Gasteiger partial charge is 0.310 e. The number of rotatable bonds is 5. The second kappa shape index (κ2) is 7.82. The molecule has 2 rings (SSSR count). The molecule has 0 bridgehead atoms. The van der Waals surface area contributed by atoms with Gasteiger partial charge in [0.1, 0.15) is 0 Å². The summed E-state index contributed by atoms with van der Waals surface area (Å²) in [5, 5.41) is 5.14. The summed E-state index contributed by atoms with van der Waals surface area (Å²) in [4.78, 5) is 0. The lowest BCUT2D eigenvalue weighted by atomic mass is 9.98. The summed E-state index contributed by atoms with van der Waals surface area (Å²) < 4.78 is 1.07. The number of aryl methyl sites for hydroxylation is 1.